The molecule has 0 fully saturated rings. The lowest BCUT2D eigenvalue weighted by Crippen LogP contribution is -2.31. The van der Waals surface area contributed by atoms with E-state index in [4.69, 9.17) is 14.6 Å². The van der Waals surface area contributed by atoms with Gasteiger partial charge >= 0.3 is 5.97 Å². The summed E-state index contributed by atoms with van der Waals surface area (Å²) < 4.78 is 10.3. The Morgan fingerprint density at radius 3 is 2.48 bits per heavy atom. The first kappa shape index (κ1) is 17.2. The van der Waals surface area contributed by atoms with Gasteiger partial charge in [0.25, 0.3) is 0 Å². The predicted octanol–water partition coefficient (Wildman–Crippen LogP) is 1.70. The van der Waals surface area contributed by atoms with E-state index in [1.807, 2.05) is 6.26 Å². The van der Waals surface area contributed by atoms with E-state index in [0.29, 0.717) is 17.1 Å². The fraction of sp³-hybridized carbons (Fsp3) is 0.429. The normalized spacial score (nSPS) is 11.6. The molecule has 7 heteroatoms. The maximum atomic E-state index is 11.7. The number of nitrogens with one attached hydrogen (secondary N) is 1. The van der Waals surface area contributed by atoms with Gasteiger partial charge in [0.05, 0.1) is 32.4 Å². The summed E-state index contributed by atoms with van der Waals surface area (Å²) in [5.41, 5.74) is 0.657. The summed E-state index contributed by atoms with van der Waals surface area (Å²) in [6.45, 7) is 0. The molecule has 1 aromatic rings. The molecule has 0 aliphatic carbocycles. The largest absolute Gasteiger partial charge is 0.493 e. The molecule has 1 atom stereocenters. The monoisotopic (exact) mass is 313 g/mol. The highest BCUT2D eigenvalue weighted by Gasteiger charge is 2.19. The minimum atomic E-state index is -0.987. The van der Waals surface area contributed by atoms with Gasteiger partial charge in [-0.25, -0.2) is 0 Å². The average Bonchev–Trinajstić information content (AvgIpc) is 2.45. The number of amides is 1. The van der Waals surface area contributed by atoms with Crippen LogP contribution in [0.2, 0.25) is 0 Å². The van der Waals surface area contributed by atoms with Gasteiger partial charge in [-0.1, -0.05) is 6.07 Å². The van der Waals surface area contributed by atoms with E-state index in [0.717, 1.165) is 0 Å². The Kier molecular flexibility index (Phi) is 6.87. The summed E-state index contributed by atoms with van der Waals surface area (Å²) in [6.07, 6.45) is 1.61. The minimum Gasteiger partial charge on any atom is -0.493 e. The molecule has 0 aliphatic rings. The molecule has 0 radical (unpaired) electrons. The minimum absolute atomic E-state index is 0.199. The van der Waals surface area contributed by atoms with Crippen LogP contribution in [-0.4, -0.2) is 43.2 Å². The van der Waals surface area contributed by atoms with Gasteiger partial charge in [0, 0.05) is 0 Å². The third-order valence-corrected chi connectivity index (χ3v) is 3.35. The number of rotatable bonds is 8. The molecule has 116 valence electrons. The SMILES string of the molecule is COc1ccc(C(CC(=O)O)NC(=O)CSC)cc1OC. The number of ether oxygens (including phenoxy) is 2. The molecule has 1 amide bonds. The molecule has 0 aliphatic heterocycles. The van der Waals surface area contributed by atoms with Crippen molar-refractivity contribution >= 4 is 23.6 Å². The molecule has 0 bridgehead atoms. The van der Waals surface area contributed by atoms with Gasteiger partial charge in [0.2, 0.25) is 5.91 Å². The second-order valence-electron chi connectivity index (χ2n) is 4.27. The lowest BCUT2D eigenvalue weighted by Gasteiger charge is -2.19. The Balaban J connectivity index is 3.01. The second kappa shape index (κ2) is 8.41. The predicted molar refractivity (Wildman–Crippen MR) is 81.1 cm³/mol. The molecule has 6 nitrogen and oxygen atoms in total. The van der Waals surface area contributed by atoms with Crippen molar-refractivity contribution in [3.8, 4) is 11.5 Å². The van der Waals surface area contributed by atoms with Crippen LogP contribution < -0.4 is 14.8 Å². The lowest BCUT2D eigenvalue weighted by atomic mass is 10.0. The molecule has 1 rings (SSSR count). The average molecular weight is 313 g/mol. The number of carboxylic acids is 1. The van der Waals surface area contributed by atoms with Crippen LogP contribution in [0, 0.1) is 0 Å². The quantitative estimate of drug-likeness (QED) is 0.760. The smallest absolute Gasteiger partial charge is 0.305 e. The maximum absolute atomic E-state index is 11.7. The molecule has 2 N–H and O–H groups in total. The van der Waals surface area contributed by atoms with Crippen molar-refractivity contribution in [3.63, 3.8) is 0 Å². The van der Waals surface area contributed by atoms with Crippen molar-refractivity contribution in [1.82, 2.24) is 5.32 Å². The molecular formula is C14H19NO5S. The molecule has 0 saturated heterocycles. The zero-order chi connectivity index (χ0) is 15.8. The van der Waals surface area contributed by atoms with Gasteiger partial charge < -0.3 is 19.9 Å². The van der Waals surface area contributed by atoms with Gasteiger partial charge in [-0.2, -0.15) is 11.8 Å². The highest BCUT2D eigenvalue weighted by Crippen LogP contribution is 2.30. The fourth-order valence-corrected chi connectivity index (χ4v) is 2.21. The number of hydrogen-bond acceptors (Lipinski definition) is 5. The van der Waals surface area contributed by atoms with Gasteiger partial charge in [-0.3, -0.25) is 9.59 Å². The molecule has 1 aromatic carbocycles. The Morgan fingerprint density at radius 1 is 1.29 bits per heavy atom. The third kappa shape index (κ3) is 5.18. The van der Waals surface area contributed by atoms with Crippen LogP contribution in [0.4, 0.5) is 0 Å². The van der Waals surface area contributed by atoms with Crippen LogP contribution >= 0.6 is 11.8 Å². The van der Waals surface area contributed by atoms with Gasteiger partial charge in [0.15, 0.2) is 11.5 Å². The number of methoxy groups -OCH3 is 2. The van der Waals surface area contributed by atoms with E-state index in [-0.39, 0.29) is 18.1 Å². The van der Waals surface area contributed by atoms with E-state index in [9.17, 15) is 9.59 Å². The molecule has 0 aromatic heterocycles. The summed E-state index contributed by atoms with van der Waals surface area (Å²) in [7, 11) is 3.02. The zero-order valence-corrected chi connectivity index (χ0v) is 13.0. The molecular weight excluding hydrogens is 294 g/mol. The summed E-state index contributed by atoms with van der Waals surface area (Å²) in [5.74, 6) is 0.127. The van der Waals surface area contributed by atoms with Crippen LogP contribution in [-0.2, 0) is 9.59 Å². The summed E-state index contributed by atoms with van der Waals surface area (Å²) >= 11 is 1.38. The van der Waals surface area contributed by atoms with E-state index < -0.39 is 12.0 Å². The van der Waals surface area contributed by atoms with E-state index in [1.54, 1.807) is 18.2 Å². The van der Waals surface area contributed by atoms with Crippen LogP contribution in [0.25, 0.3) is 0 Å². The molecule has 0 saturated carbocycles. The standard InChI is InChI=1S/C14H19NO5S/c1-19-11-5-4-9(6-12(11)20-2)10(7-14(17)18)15-13(16)8-21-3/h4-6,10H,7-8H2,1-3H3,(H,15,16)(H,17,18). The van der Waals surface area contributed by atoms with Crippen molar-refractivity contribution < 1.29 is 24.2 Å². The molecule has 0 spiro atoms. The Bertz CT molecular complexity index is 506. The fourth-order valence-electron chi connectivity index (χ4n) is 1.86. The summed E-state index contributed by atoms with van der Waals surface area (Å²) in [5, 5.41) is 11.7. The molecule has 21 heavy (non-hydrogen) atoms. The second-order valence-corrected chi connectivity index (χ2v) is 5.13. The number of aliphatic carboxylic acids is 1. The molecule has 1 unspecified atom stereocenters. The van der Waals surface area contributed by atoms with Crippen molar-refractivity contribution in [2.24, 2.45) is 0 Å². The Hall–Kier alpha value is -1.89. The third-order valence-electron chi connectivity index (χ3n) is 2.80. The van der Waals surface area contributed by atoms with Crippen LogP contribution in [0.3, 0.4) is 0 Å². The number of hydrogen-bond donors (Lipinski definition) is 2. The van der Waals surface area contributed by atoms with Gasteiger partial charge in [-0.05, 0) is 24.0 Å². The number of benzene rings is 1. The van der Waals surface area contributed by atoms with Crippen molar-refractivity contribution in [2.75, 3.05) is 26.2 Å². The first-order valence-corrected chi connectivity index (χ1v) is 7.63. The van der Waals surface area contributed by atoms with Crippen LogP contribution in [0.15, 0.2) is 18.2 Å². The van der Waals surface area contributed by atoms with E-state index in [2.05, 4.69) is 5.32 Å². The van der Waals surface area contributed by atoms with E-state index in [1.165, 1.54) is 26.0 Å². The maximum Gasteiger partial charge on any atom is 0.305 e. The lowest BCUT2D eigenvalue weighted by molar-refractivity contribution is -0.137. The first-order valence-electron chi connectivity index (χ1n) is 6.23. The number of carbonyl (C=O) groups is 2. The highest BCUT2D eigenvalue weighted by molar-refractivity contribution is 7.99. The van der Waals surface area contributed by atoms with Crippen LogP contribution in [0.1, 0.15) is 18.0 Å². The molecule has 0 heterocycles. The Morgan fingerprint density at radius 2 is 1.95 bits per heavy atom. The van der Waals surface area contributed by atoms with Crippen molar-refractivity contribution in [3.05, 3.63) is 23.8 Å². The van der Waals surface area contributed by atoms with Gasteiger partial charge in [-0.15, -0.1) is 0 Å². The van der Waals surface area contributed by atoms with Crippen LogP contribution in [0.5, 0.6) is 11.5 Å². The number of carboxylic acid groups (broad SMARTS) is 1. The van der Waals surface area contributed by atoms with E-state index >= 15 is 0 Å². The van der Waals surface area contributed by atoms with Crippen molar-refractivity contribution in [1.29, 1.82) is 0 Å². The first-order chi connectivity index (χ1) is 10.0. The van der Waals surface area contributed by atoms with Gasteiger partial charge in [0.1, 0.15) is 0 Å². The zero-order valence-electron chi connectivity index (χ0n) is 12.2. The highest BCUT2D eigenvalue weighted by atomic mass is 32.2. The number of thioether (sulfide) groups is 1. The summed E-state index contributed by atoms with van der Waals surface area (Å²) in [6, 6.07) is 4.46. The topological polar surface area (TPSA) is 84.9 Å². The van der Waals surface area contributed by atoms with Crippen molar-refractivity contribution in [2.45, 2.75) is 12.5 Å². The summed E-state index contributed by atoms with van der Waals surface area (Å²) in [4.78, 5) is 22.7. The number of carbonyl (C=O) groups excluding carboxylic acids is 1. The Labute approximate surface area is 127 Å².